The number of amides is 1. The van der Waals surface area contributed by atoms with Gasteiger partial charge < -0.3 is 9.64 Å². The molecule has 1 fully saturated rings. The van der Waals surface area contributed by atoms with E-state index in [0.717, 1.165) is 31.5 Å². The molecule has 0 radical (unpaired) electrons. The summed E-state index contributed by atoms with van der Waals surface area (Å²) in [5.74, 6) is 0.0717. The van der Waals surface area contributed by atoms with Crippen LogP contribution < -0.4 is 0 Å². The number of likely N-dealkylation sites (tertiary alicyclic amines) is 1. The van der Waals surface area contributed by atoms with Crippen molar-refractivity contribution in [2.75, 3.05) is 20.2 Å². The highest BCUT2D eigenvalue weighted by Gasteiger charge is 2.26. The molecule has 1 aromatic rings. The number of halogens is 1. The van der Waals surface area contributed by atoms with Crippen molar-refractivity contribution in [2.45, 2.75) is 39.0 Å². The van der Waals surface area contributed by atoms with Crippen molar-refractivity contribution in [3.8, 4) is 0 Å². The van der Waals surface area contributed by atoms with Crippen LogP contribution in [0.15, 0.2) is 18.2 Å². The number of rotatable bonds is 6. The molecule has 2 rings (SSSR count). The molecular formula is C18H24FNO3. The smallest absolute Gasteiger partial charge is 0.305 e. The molecule has 1 unspecified atom stereocenters. The van der Waals surface area contributed by atoms with Crippen LogP contribution in [0.25, 0.3) is 0 Å². The lowest BCUT2D eigenvalue weighted by Gasteiger charge is -2.16. The summed E-state index contributed by atoms with van der Waals surface area (Å²) in [4.78, 5) is 25.1. The minimum Gasteiger partial charge on any atom is -0.469 e. The van der Waals surface area contributed by atoms with E-state index in [1.807, 2.05) is 17.0 Å². The summed E-state index contributed by atoms with van der Waals surface area (Å²) < 4.78 is 17.9. The molecule has 1 saturated heterocycles. The summed E-state index contributed by atoms with van der Waals surface area (Å²) in [5.41, 5.74) is 1.78. The van der Waals surface area contributed by atoms with E-state index in [1.165, 1.54) is 13.2 Å². The summed E-state index contributed by atoms with van der Waals surface area (Å²) in [6.07, 6.45) is 3.04. The molecule has 23 heavy (non-hydrogen) atoms. The van der Waals surface area contributed by atoms with Crippen LogP contribution in [0.4, 0.5) is 4.39 Å². The Morgan fingerprint density at radius 1 is 1.35 bits per heavy atom. The van der Waals surface area contributed by atoms with Gasteiger partial charge in [0.05, 0.1) is 7.11 Å². The molecule has 1 amide bonds. The van der Waals surface area contributed by atoms with Gasteiger partial charge in [-0.05, 0) is 49.3 Å². The molecule has 4 nitrogen and oxygen atoms in total. The van der Waals surface area contributed by atoms with E-state index in [2.05, 4.69) is 4.74 Å². The largest absolute Gasteiger partial charge is 0.469 e. The number of nitrogens with zero attached hydrogens (tertiary/aromatic N) is 1. The number of aryl methyl sites for hydroxylation is 1. The molecule has 0 aliphatic carbocycles. The van der Waals surface area contributed by atoms with E-state index in [9.17, 15) is 14.0 Å². The molecule has 0 saturated carbocycles. The first-order valence-electron chi connectivity index (χ1n) is 8.09. The molecule has 0 spiro atoms. The van der Waals surface area contributed by atoms with E-state index >= 15 is 0 Å². The second-order valence-electron chi connectivity index (χ2n) is 6.21. The zero-order valence-corrected chi connectivity index (χ0v) is 13.8. The quantitative estimate of drug-likeness (QED) is 0.757. The molecule has 1 aliphatic heterocycles. The maximum Gasteiger partial charge on any atom is 0.305 e. The molecule has 1 aliphatic rings. The van der Waals surface area contributed by atoms with Gasteiger partial charge in [0.25, 0.3) is 0 Å². The predicted molar refractivity (Wildman–Crippen MR) is 85.4 cm³/mol. The summed E-state index contributed by atoms with van der Waals surface area (Å²) in [5, 5.41) is 0. The number of carbonyl (C=O) groups is 2. The molecule has 1 heterocycles. The normalized spacial score (nSPS) is 17.3. The summed E-state index contributed by atoms with van der Waals surface area (Å²) in [6, 6.07) is 5.22. The van der Waals surface area contributed by atoms with Gasteiger partial charge in [0.15, 0.2) is 0 Å². The molecule has 0 aromatic heterocycles. The molecule has 0 bridgehead atoms. The van der Waals surface area contributed by atoms with Gasteiger partial charge in [0.2, 0.25) is 5.91 Å². The minimum absolute atomic E-state index is 0.103. The molecule has 5 heteroatoms. The third-order valence-electron chi connectivity index (χ3n) is 4.38. The Morgan fingerprint density at radius 3 is 2.83 bits per heavy atom. The van der Waals surface area contributed by atoms with Crippen LogP contribution in [0, 0.1) is 18.7 Å². The fraction of sp³-hybridized carbons (Fsp3) is 0.556. The van der Waals surface area contributed by atoms with E-state index in [0.29, 0.717) is 24.3 Å². The number of hydrogen-bond donors (Lipinski definition) is 0. The number of esters is 1. The maximum absolute atomic E-state index is 13.3. The number of ether oxygens (including phenoxy) is 1. The summed E-state index contributed by atoms with van der Waals surface area (Å²) in [6.45, 7) is 3.28. The monoisotopic (exact) mass is 321 g/mol. The Balaban J connectivity index is 1.77. The summed E-state index contributed by atoms with van der Waals surface area (Å²) in [7, 11) is 1.35. The van der Waals surface area contributed by atoms with Crippen LogP contribution in [-0.2, 0) is 20.7 Å². The van der Waals surface area contributed by atoms with Gasteiger partial charge in [-0.1, -0.05) is 12.1 Å². The zero-order valence-electron chi connectivity index (χ0n) is 13.8. The Kier molecular flexibility index (Phi) is 6.13. The van der Waals surface area contributed by atoms with Crippen molar-refractivity contribution in [1.82, 2.24) is 4.90 Å². The Morgan fingerprint density at radius 2 is 2.13 bits per heavy atom. The van der Waals surface area contributed by atoms with E-state index in [-0.39, 0.29) is 24.1 Å². The van der Waals surface area contributed by atoms with Crippen LogP contribution in [0.2, 0.25) is 0 Å². The van der Waals surface area contributed by atoms with Gasteiger partial charge in [-0.3, -0.25) is 9.59 Å². The van der Waals surface area contributed by atoms with Gasteiger partial charge >= 0.3 is 5.97 Å². The highest BCUT2D eigenvalue weighted by Crippen LogP contribution is 2.23. The first-order valence-corrected chi connectivity index (χ1v) is 8.09. The SMILES string of the molecule is COC(=O)CCCC(=O)N1CCC(Cc2ccc(F)c(C)c2)C1. The summed E-state index contributed by atoms with van der Waals surface area (Å²) >= 11 is 0. The fourth-order valence-corrected chi connectivity index (χ4v) is 3.04. The van der Waals surface area contributed by atoms with Crippen molar-refractivity contribution in [3.63, 3.8) is 0 Å². The average Bonchev–Trinajstić information content (AvgIpc) is 2.99. The van der Waals surface area contributed by atoms with Gasteiger partial charge in [-0.25, -0.2) is 4.39 Å². The van der Waals surface area contributed by atoms with Crippen LogP contribution in [0.3, 0.4) is 0 Å². The number of carbonyl (C=O) groups excluding carboxylic acids is 2. The molecule has 1 aromatic carbocycles. The standard InChI is InChI=1S/C18H24FNO3/c1-13-10-14(6-7-16(13)19)11-15-8-9-20(12-15)17(21)4-3-5-18(22)23-2/h6-7,10,15H,3-5,8-9,11-12H2,1-2H3. The first kappa shape index (κ1) is 17.4. The van der Waals surface area contributed by atoms with Crippen molar-refractivity contribution >= 4 is 11.9 Å². The lowest BCUT2D eigenvalue weighted by Crippen LogP contribution is -2.28. The molecule has 1 atom stereocenters. The minimum atomic E-state index is -0.274. The van der Waals surface area contributed by atoms with Crippen LogP contribution in [0.5, 0.6) is 0 Å². The second kappa shape index (κ2) is 8.09. The highest BCUT2D eigenvalue weighted by atomic mass is 19.1. The van der Waals surface area contributed by atoms with Crippen molar-refractivity contribution in [2.24, 2.45) is 5.92 Å². The van der Waals surface area contributed by atoms with Crippen LogP contribution in [-0.4, -0.2) is 37.0 Å². The molecule has 126 valence electrons. The lowest BCUT2D eigenvalue weighted by atomic mass is 9.97. The zero-order chi connectivity index (χ0) is 16.8. The van der Waals surface area contributed by atoms with Gasteiger partial charge in [0, 0.05) is 25.9 Å². The van der Waals surface area contributed by atoms with Gasteiger partial charge in [-0.2, -0.15) is 0 Å². The molecular weight excluding hydrogens is 297 g/mol. The average molecular weight is 321 g/mol. The molecule has 0 N–H and O–H groups in total. The second-order valence-corrected chi connectivity index (χ2v) is 6.21. The lowest BCUT2D eigenvalue weighted by molar-refractivity contribution is -0.140. The Bertz CT molecular complexity index is 573. The van der Waals surface area contributed by atoms with Gasteiger partial charge in [-0.15, -0.1) is 0 Å². The first-order chi connectivity index (χ1) is 11.0. The number of hydrogen-bond acceptors (Lipinski definition) is 3. The number of methoxy groups -OCH3 is 1. The van der Waals surface area contributed by atoms with Gasteiger partial charge in [0.1, 0.15) is 5.82 Å². The van der Waals surface area contributed by atoms with E-state index in [4.69, 9.17) is 0 Å². The van der Waals surface area contributed by atoms with Crippen LogP contribution >= 0.6 is 0 Å². The van der Waals surface area contributed by atoms with Crippen LogP contribution in [0.1, 0.15) is 36.8 Å². The van der Waals surface area contributed by atoms with E-state index in [1.54, 1.807) is 6.92 Å². The third kappa shape index (κ3) is 5.05. The van der Waals surface area contributed by atoms with Crippen molar-refractivity contribution in [1.29, 1.82) is 0 Å². The Labute approximate surface area is 136 Å². The predicted octanol–water partition coefficient (Wildman–Crippen LogP) is 2.87. The number of benzene rings is 1. The van der Waals surface area contributed by atoms with Crippen molar-refractivity contribution < 1.29 is 18.7 Å². The fourth-order valence-electron chi connectivity index (χ4n) is 3.04. The highest BCUT2D eigenvalue weighted by molar-refractivity contribution is 5.77. The third-order valence-corrected chi connectivity index (χ3v) is 4.38. The van der Waals surface area contributed by atoms with Crippen molar-refractivity contribution in [3.05, 3.63) is 35.1 Å². The van der Waals surface area contributed by atoms with E-state index < -0.39 is 0 Å². The maximum atomic E-state index is 13.3. The Hall–Kier alpha value is -1.91. The topological polar surface area (TPSA) is 46.6 Å².